The molecule has 0 aromatic heterocycles. The van der Waals surface area contributed by atoms with E-state index in [1.165, 1.54) is 5.57 Å². The number of halogens is 3. The van der Waals surface area contributed by atoms with Gasteiger partial charge in [0.2, 0.25) is 0 Å². The van der Waals surface area contributed by atoms with E-state index in [-0.39, 0.29) is 11.3 Å². The highest BCUT2D eigenvalue weighted by Gasteiger charge is 2.52. The highest BCUT2D eigenvalue weighted by molar-refractivity contribution is 5.69. The molecule has 3 saturated carbocycles. The fourth-order valence-corrected chi connectivity index (χ4v) is 6.42. The zero-order valence-corrected chi connectivity index (χ0v) is 20.4. The molecule has 0 saturated heterocycles. The second-order valence-corrected chi connectivity index (χ2v) is 11.1. The molecule has 3 rings (SSSR count). The molecule has 8 heteroatoms. The monoisotopic (exact) mass is 488 g/mol. The van der Waals surface area contributed by atoms with Crippen LogP contribution in [0.3, 0.4) is 0 Å². The maximum absolute atomic E-state index is 12.8. The summed E-state index contributed by atoms with van der Waals surface area (Å²) in [6.45, 7) is 4.72. The molecule has 0 radical (unpaired) electrons. The van der Waals surface area contributed by atoms with E-state index in [0.717, 1.165) is 37.7 Å². The lowest BCUT2D eigenvalue weighted by Gasteiger charge is -2.44. The molecule has 34 heavy (non-hydrogen) atoms. The third-order valence-electron chi connectivity index (χ3n) is 8.42. The lowest BCUT2D eigenvalue weighted by atomic mass is 9.62. The Morgan fingerprint density at radius 2 is 1.85 bits per heavy atom. The largest absolute Gasteiger partial charge is 0.462 e. The molecule has 3 aliphatic rings. The number of hydrogen-bond acceptors (Lipinski definition) is 5. The van der Waals surface area contributed by atoms with Crippen LogP contribution in [0.5, 0.6) is 0 Å². The summed E-state index contributed by atoms with van der Waals surface area (Å²) in [5.74, 6) is -0.261. The summed E-state index contributed by atoms with van der Waals surface area (Å²) in [6, 6.07) is 0. The molecular weight excluding hydrogens is 449 g/mol. The standard InChI is InChI=1S/C26H39F3O5/c1-16(34-23(32)10-12-25(3,33)26(27,28)29)21-8-9-22-18(5-4-11-24(21,22)2)7-6-17-13-19(30)15-20(31)14-17/h6-7,16,19-22,30-31,33H,4-5,8-15H2,1-3H3/b18-7+/t16-,19+,20+,21+,22-,24+,25?/m0/s1. The van der Waals surface area contributed by atoms with Crippen LogP contribution >= 0.6 is 0 Å². The molecule has 3 fully saturated rings. The number of hydrogen-bond donors (Lipinski definition) is 3. The lowest BCUT2D eigenvalue weighted by Crippen LogP contribution is -2.43. The van der Waals surface area contributed by atoms with Gasteiger partial charge in [-0.2, -0.15) is 13.2 Å². The summed E-state index contributed by atoms with van der Waals surface area (Å²) in [5, 5.41) is 29.4. The van der Waals surface area contributed by atoms with Crippen molar-refractivity contribution in [1.29, 1.82) is 0 Å². The fourth-order valence-electron chi connectivity index (χ4n) is 6.42. The number of allylic oxidation sites excluding steroid dienone is 3. The van der Waals surface area contributed by atoms with E-state index < -0.39 is 48.9 Å². The first-order valence-electron chi connectivity index (χ1n) is 12.5. The first kappa shape index (κ1) is 27.2. The second kappa shape index (κ2) is 10.3. The molecule has 0 bridgehead atoms. The van der Waals surface area contributed by atoms with E-state index in [1.54, 1.807) is 0 Å². The SMILES string of the molecule is C[C@H](OC(=O)CCC(C)(O)C(F)(F)F)[C@H]1CC[C@H]2/C(=C/C=C3C[C@@H](O)C[C@H](O)C3)CCC[C@]12C. The number of aliphatic hydroxyl groups excluding tert-OH is 2. The van der Waals surface area contributed by atoms with Crippen molar-refractivity contribution in [2.45, 2.75) is 115 Å². The van der Waals surface area contributed by atoms with Gasteiger partial charge in [-0.25, -0.2) is 0 Å². The Morgan fingerprint density at radius 3 is 2.47 bits per heavy atom. The van der Waals surface area contributed by atoms with E-state index >= 15 is 0 Å². The van der Waals surface area contributed by atoms with Crippen molar-refractivity contribution in [2.75, 3.05) is 0 Å². The predicted octanol–water partition coefficient (Wildman–Crippen LogP) is 4.99. The molecule has 3 aliphatic carbocycles. The van der Waals surface area contributed by atoms with Crippen LogP contribution in [-0.2, 0) is 9.53 Å². The minimum atomic E-state index is -4.79. The number of carbonyl (C=O) groups is 1. The average molecular weight is 489 g/mol. The van der Waals surface area contributed by atoms with Gasteiger partial charge in [0.25, 0.3) is 0 Å². The summed E-state index contributed by atoms with van der Waals surface area (Å²) in [6.07, 6.45) is 3.20. The Bertz CT molecular complexity index is 791. The van der Waals surface area contributed by atoms with E-state index in [1.807, 2.05) is 6.92 Å². The maximum atomic E-state index is 12.8. The van der Waals surface area contributed by atoms with Crippen molar-refractivity contribution in [3.8, 4) is 0 Å². The van der Waals surface area contributed by atoms with Crippen LogP contribution < -0.4 is 0 Å². The quantitative estimate of drug-likeness (QED) is 0.459. The first-order valence-corrected chi connectivity index (χ1v) is 12.5. The van der Waals surface area contributed by atoms with Gasteiger partial charge in [-0.1, -0.05) is 30.2 Å². The van der Waals surface area contributed by atoms with Gasteiger partial charge in [-0.15, -0.1) is 0 Å². The Hall–Kier alpha value is -1.38. The third kappa shape index (κ3) is 6.05. The molecule has 0 heterocycles. The van der Waals surface area contributed by atoms with Gasteiger partial charge in [0, 0.05) is 12.3 Å². The van der Waals surface area contributed by atoms with Crippen molar-refractivity contribution in [3.05, 3.63) is 23.3 Å². The number of carbonyl (C=O) groups excluding carboxylic acids is 1. The lowest BCUT2D eigenvalue weighted by molar-refractivity contribution is -0.255. The van der Waals surface area contributed by atoms with Gasteiger partial charge >= 0.3 is 12.1 Å². The number of ether oxygens (including phenoxy) is 1. The Labute approximate surface area is 200 Å². The predicted molar refractivity (Wildman–Crippen MR) is 122 cm³/mol. The molecule has 0 amide bonds. The average Bonchev–Trinajstić information content (AvgIpc) is 3.07. The van der Waals surface area contributed by atoms with Gasteiger partial charge in [-0.05, 0) is 83.0 Å². The molecule has 0 spiro atoms. The maximum Gasteiger partial charge on any atom is 0.416 e. The summed E-state index contributed by atoms with van der Waals surface area (Å²) in [7, 11) is 0. The number of alkyl halides is 3. The molecule has 0 aliphatic heterocycles. The van der Waals surface area contributed by atoms with Crippen molar-refractivity contribution in [2.24, 2.45) is 17.3 Å². The highest BCUT2D eigenvalue weighted by atomic mass is 19.4. The third-order valence-corrected chi connectivity index (χ3v) is 8.42. The zero-order valence-electron chi connectivity index (χ0n) is 20.4. The molecule has 0 aromatic rings. The van der Waals surface area contributed by atoms with E-state index in [4.69, 9.17) is 4.74 Å². The van der Waals surface area contributed by atoms with Gasteiger partial charge in [-0.3, -0.25) is 4.79 Å². The molecule has 0 aromatic carbocycles. The van der Waals surface area contributed by atoms with Crippen molar-refractivity contribution in [1.82, 2.24) is 0 Å². The molecule has 7 atom stereocenters. The number of rotatable bonds is 6. The molecule has 1 unspecified atom stereocenters. The van der Waals surface area contributed by atoms with E-state index in [2.05, 4.69) is 19.1 Å². The minimum absolute atomic E-state index is 0.0641. The van der Waals surface area contributed by atoms with Crippen LogP contribution in [0.25, 0.3) is 0 Å². The zero-order chi connectivity index (χ0) is 25.3. The fraction of sp³-hybridized carbons (Fsp3) is 0.808. The van der Waals surface area contributed by atoms with Crippen LogP contribution in [0, 0.1) is 17.3 Å². The Morgan fingerprint density at radius 1 is 1.21 bits per heavy atom. The van der Waals surface area contributed by atoms with E-state index in [0.29, 0.717) is 32.1 Å². The molecular formula is C26H39F3O5. The molecule has 194 valence electrons. The summed E-state index contributed by atoms with van der Waals surface area (Å²) in [5.41, 5.74) is -0.580. The van der Waals surface area contributed by atoms with Gasteiger partial charge in [0.05, 0.1) is 12.2 Å². The Balaban J connectivity index is 1.63. The highest BCUT2D eigenvalue weighted by Crippen LogP contribution is 2.58. The summed E-state index contributed by atoms with van der Waals surface area (Å²) < 4.78 is 44.1. The number of aliphatic hydroxyl groups is 3. The number of fused-ring (bicyclic) bond motifs is 1. The van der Waals surface area contributed by atoms with E-state index in [9.17, 15) is 33.3 Å². The minimum Gasteiger partial charge on any atom is -0.462 e. The molecule has 5 nitrogen and oxygen atoms in total. The van der Waals surface area contributed by atoms with Crippen molar-refractivity contribution >= 4 is 5.97 Å². The van der Waals surface area contributed by atoms with Crippen LogP contribution in [0.4, 0.5) is 13.2 Å². The second-order valence-electron chi connectivity index (χ2n) is 11.1. The van der Waals surface area contributed by atoms with Crippen molar-refractivity contribution < 1.29 is 38.0 Å². The van der Waals surface area contributed by atoms with Gasteiger partial charge in [0.1, 0.15) is 6.10 Å². The smallest absolute Gasteiger partial charge is 0.416 e. The Kier molecular flexibility index (Phi) is 8.25. The van der Waals surface area contributed by atoms with Crippen LogP contribution in [-0.4, -0.2) is 51.4 Å². The van der Waals surface area contributed by atoms with Gasteiger partial charge < -0.3 is 20.1 Å². The first-order chi connectivity index (χ1) is 15.7. The van der Waals surface area contributed by atoms with Crippen LogP contribution in [0.15, 0.2) is 23.3 Å². The summed E-state index contributed by atoms with van der Waals surface area (Å²) in [4.78, 5) is 12.3. The normalized spacial score (nSPS) is 36.0. The van der Waals surface area contributed by atoms with Crippen LogP contribution in [0.2, 0.25) is 0 Å². The van der Waals surface area contributed by atoms with Crippen molar-refractivity contribution in [3.63, 3.8) is 0 Å². The van der Waals surface area contributed by atoms with Gasteiger partial charge in [0.15, 0.2) is 5.60 Å². The molecule has 3 N–H and O–H groups in total. The summed E-state index contributed by atoms with van der Waals surface area (Å²) >= 11 is 0. The van der Waals surface area contributed by atoms with Crippen LogP contribution in [0.1, 0.15) is 85.0 Å². The number of esters is 1. The topological polar surface area (TPSA) is 87.0 Å².